The molecule has 0 aliphatic heterocycles. The lowest BCUT2D eigenvalue weighted by atomic mass is 10.2. The van der Waals surface area contributed by atoms with Gasteiger partial charge in [-0.2, -0.15) is 0 Å². The number of para-hydroxylation sites is 1. The quantitative estimate of drug-likeness (QED) is 0.849. The first-order chi connectivity index (χ1) is 9.26. The monoisotopic (exact) mass is 275 g/mol. The molecular formula is C14H17N3OS. The first kappa shape index (κ1) is 13.7. The van der Waals surface area contributed by atoms with Crippen molar-refractivity contribution in [2.75, 3.05) is 12.8 Å². The van der Waals surface area contributed by atoms with Gasteiger partial charge in [0.2, 0.25) is 0 Å². The van der Waals surface area contributed by atoms with E-state index in [1.165, 1.54) is 6.33 Å². The van der Waals surface area contributed by atoms with E-state index in [1.807, 2.05) is 24.3 Å². The summed E-state index contributed by atoms with van der Waals surface area (Å²) in [7, 11) is 1.67. The van der Waals surface area contributed by atoms with Crippen LogP contribution in [0.1, 0.15) is 18.9 Å². The number of aromatic nitrogens is 2. The lowest BCUT2D eigenvalue weighted by Gasteiger charge is -2.11. The third kappa shape index (κ3) is 3.17. The first-order valence-electron chi connectivity index (χ1n) is 6.16. The molecule has 0 aliphatic carbocycles. The minimum Gasteiger partial charge on any atom is -0.496 e. The standard InChI is InChI=1S/C14H17N3OS/c1-3-6-10-13(15)16-9-17-14(10)19-12-8-5-4-7-11(12)18-2/h4-5,7-9H,3,6H2,1-2H3,(H2,15,16,17). The van der Waals surface area contributed by atoms with E-state index in [-0.39, 0.29) is 0 Å². The van der Waals surface area contributed by atoms with Gasteiger partial charge in [0.25, 0.3) is 0 Å². The van der Waals surface area contributed by atoms with E-state index < -0.39 is 0 Å². The second kappa shape index (κ2) is 6.43. The topological polar surface area (TPSA) is 61.0 Å². The summed E-state index contributed by atoms with van der Waals surface area (Å²) in [6, 6.07) is 7.88. The smallest absolute Gasteiger partial charge is 0.132 e. The molecule has 0 radical (unpaired) electrons. The van der Waals surface area contributed by atoms with Crippen LogP contribution < -0.4 is 10.5 Å². The predicted molar refractivity (Wildman–Crippen MR) is 77.6 cm³/mol. The van der Waals surface area contributed by atoms with Crippen LogP contribution in [0, 0.1) is 0 Å². The van der Waals surface area contributed by atoms with Crippen LogP contribution in [-0.4, -0.2) is 17.1 Å². The van der Waals surface area contributed by atoms with Gasteiger partial charge in [0.15, 0.2) is 0 Å². The maximum atomic E-state index is 5.94. The van der Waals surface area contributed by atoms with E-state index in [9.17, 15) is 0 Å². The molecule has 0 atom stereocenters. The van der Waals surface area contributed by atoms with Crippen LogP contribution in [0.15, 0.2) is 40.5 Å². The summed E-state index contributed by atoms with van der Waals surface area (Å²) in [5.74, 6) is 1.40. The van der Waals surface area contributed by atoms with Crippen molar-refractivity contribution in [1.29, 1.82) is 0 Å². The van der Waals surface area contributed by atoms with Crippen molar-refractivity contribution >= 4 is 17.6 Å². The number of anilines is 1. The Bertz CT molecular complexity index is 560. The molecule has 0 fully saturated rings. The number of hydrogen-bond acceptors (Lipinski definition) is 5. The molecule has 4 nitrogen and oxygen atoms in total. The molecule has 1 heterocycles. The van der Waals surface area contributed by atoms with Gasteiger partial charge in [-0.1, -0.05) is 37.2 Å². The molecule has 100 valence electrons. The zero-order valence-corrected chi connectivity index (χ0v) is 11.9. The number of benzene rings is 1. The fraction of sp³-hybridized carbons (Fsp3) is 0.286. The Morgan fingerprint density at radius 2 is 2.05 bits per heavy atom. The van der Waals surface area contributed by atoms with Crippen LogP contribution in [0.3, 0.4) is 0 Å². The van der Waals surface area contributed by atoms with E-state index in [1.54, 1.807) is 18.9 Å². The summed E-state index contributed by atoms with van der Waals surface area (Å²) in [4.78, 5) is 9.44. The Hall–Kier alpha value is -1.75. The summed E-state index contributed by atoms with van der Waals surface area (Å²) in [6.45, 7) is 2.12. The fourth-order valence-corrected chi connectivity index (χ4v) is 2.83. The van der Waals surface area contributed by atoms with E-state index >= 15 is 0 Å². The van der Waals surface area contributed by atoms with Gasteiger partial charge in [-0.15, -0.1) is 0 Å². The van der Waals surface area contributed by atoms with Crippen molar-refractivity contribution in [3.63, 3.8) is 0 Å². The fourth-order valence-electron chi connectivity index (χ4n) is 1.79. The summed E-state index contributed by atoms with van der Waals surface area (Å²) >= 11 is 1.56. The maximum Gasteiger partial charge on any atom is 0.132 e. The van der Waals surface area contributed by atoms with Crippen molar-refractivity contribution in [3.8, 4) is 5.75 Å². The van der Waals surface area contributed by atoms with Crippen molar-refractivity contribution in [1.82, 2.24) is 9.97 Å². The molecule has 2 aromatic rings. The molecule has 0 aliphatic rings. The van der Waals surface area contributed by atoms with Crippen LogP contribution in [0.5, 0.6) is 5.75 Å². The molecule has 2 N–H and O–H groups in total. The van der Waals surface area contributed by atoms with Crippen molar-refractivity contribution in [2.24, 2.45) is 0 Å². The minimum absolute atomic E-state index is 0.564. The first-order valence-corrected chi connectivity index (χ1v) is 6.98. The zero-order valence-electron chi connectivity index (χ0n) is 11.1. The zero-order chi connectivity index (χ0) is 13.7. The highest BCUT2D eigenvalue weighted by atomic mass is 32.2. The number of rotatable bonds is 5. The number of nitrogens with zero attached hydrogens (tertiary/aromatic N) is 2. The lowest BCUT2D eigenvalue weighted by Crippen LogP contribution is -2.01. The van der Waals surface area contributed by atoms with Crippen LogP contribution >= 0.6 is 11.8 Å². The van der Waals surface area contributed by atoms with Crippen LogP contribution in [-0.2, 0) is 6.42 Å². The lowest BCUT2D eigenvalue weighted by molar-refractivity contribution is 0.405. The summed E-state index contributed by atoms with van der Waals surface area (Å²) in [6.07, 6.45) is 3.40. The molecule has 0 unspecified atom stereocenters. The maximum absolute atomic E-state index is 5.94. The van der Waals surface area contributed by atoms with Gasteiger partial charge < -0.3 is 10.5 Å². The Morgan fingerprint density at radius 3 is 2.79 bits per heavy atom. The van der Waals surface area contributed by atoms with E-state index in [4.69, 9.17) is 10.5 Å². The third-order valence-electron chi connectivity index (χ3n) is 2.71. The molecule has 5 heteroatoms. The number of ether oxygens (including phenoxy) is 1. The number of nitrogen functional groups attached to an aromatic ring is 1. The number of nitrogens with two attached hydrogens (primary N) is 1. The summed E-state index contributed by atoms with van der Waals surface area (Å²) in [5.41, 5.74) is 6.95. The summed E-state index contributed by atoms with van der Waals surface area (Å²) in [5, 5.41) is 0.902. The Morgan fingerprint density at radius 1 is 1.26 bits per heavy atom. The molecule has 2 rings (SSSR count). The molecule has 0 saturated heterocycles. The minimum atomic E-state index is 0.564. The molecule has 0 spiro atoms. The highest BCUT2D eigenvalue weighted by molar-refractivity contribution is 7.99. The predicted octanol–water partition coefficient (Wildman–Crippen LogP) is 3.17. The Labute approximate surface area is 117 Å². The molecule has 1 aromatic heterocycles. The molecule has 0 bridgehead atoms. The highest BCUT2D eigenvalue weighted by Crippen LogP contribution is 2.36. The second-order valence-corrected chi connectivity index (χ2v) is 5.08. The number of methoxy groups -OCH3 is 1. The third-order valence-corrected chi connectivity index (χ3v) is 3.82. The van der Waals surface area contributed by atoms with Gasteiger partial charge in [-0.05, 0) is 18.6 Å². The van der Waals surface area contributed by atoms with Gasteiger partial charge in [0.05, 0.1) is 12.0 Å². The van der Waals surface area contributed by atoms with Crippen LogP contribution in [0.2, 0.25) is 0 Å². The Balaban J connectivity index is 2.35. The van der Waals surface area contributed by atoms with Crippen LogP contribution in [0.4, 0.5) is 5.82 Å². The van der Waals surface area contributed by atoms with E-state index in [0.29, 0.717) is 5.82 Å². The molecule has 19 heavy (non-hydrogen) atoms. The molecule has 0 amide bonds. The average Bonchev–Trinajstić information content (AvgIpc) is 2.43. The molecule has 0 saturated carbocycles. The van der Waals surface area contributed by atoms with Gasteiger partial charge in [0, 0.05) is 5.56 Å². The molecule has 1 aromatic carbocycles. The van der Waals surface area contributed by atoms with E-state index in [0.717, 1.165) is 34.1 Å². The van der Waals surface area contributed by atoms with Crippen molar-refractivity contribution in [3.05, 3.63) is 36.2 Å². The van der Waals surface area contributed by atoms with E-state index in [2.05, 4.69) is 16.9 Å². The molecular weight excluding hydrogens is 258 g/mol. The van der Waals surface area contributed by atoms with Crippen molar-refractivity contribution in [2.45, 2.75) is 29.7 Å². The highest BCUT2D eigenvalue weighted by Gasteiger charge is 2.12. The van der Waals surface area contributed by atoms with Crippen molar-refractivity contribution < 1.29 is 4.74 Å². The van der Waals surface area contributed by atoms with Gasteiger partial charge in [0.1, 0.15) is 22.9 Å². The average molecular weight is 275 g/mol. The second-order valence-electron chi connectivity index (χ2n) is 4.05. The largest absolute Gasteiger partial charge is 0.496 e. The normalized spacial score (nSPS) is 10.4. The van der Waals surface area contributed by atoms with Crippen LogP contribution in [0.25, 0.3) is 0 Å². The van der Waals surface area contributed by atoms with Gasteiger partial charge in [-0.25, -0.2) is 9.97 Å². The summed E-state index contributed by atoms with van der Waals surface area (Å²) < 4.78 is 5.35. The van der Waals surface area contributed by atoms with Gasteiger partial charge >= 0.3 is 0 Å². The van der Waals surface area contributed by atoms with Gasteiger partial charge in [-0.3, -0.25) is 0 Å². The Kier molecular flexibility index (Phi) is 4.63. The SMILES string of the molecule is CCCc1c(N)ncnc1Sc1ccccc1OC. The number of hydrogen-bond donors (Lipinski definition) is 1.